The molecule has 0 saturated carbocycles. The third-order valence-corrected chi connectivity index (χ3v) is 7.09. The third kappa shape index (κ3) is 4.44. The van der Waals surface area contributed by atoms with Crippen molar-refractivity contribution in [3.8, 4) is 17.3 Å². The number of carbonyl (C=O) groups is 1. The van der Waals surface area contributed by atoms with Crippen LogP contribution >= 0.6 is 0 Å². The minimum atomic E-state index is -0.410. The molecule has 3 heterocycles. The highest BCUT2D eigenvalue weighted by atomic mass is 19.1. The number of nitrogens with zero attached hydrogens (tertiary/aromatic N) is 4. The van der Waals surface area contributed by atoms with Crippen LogP contribution in [-0.4, -0.2) is 32.4 Å². The molecule has 2 amide bonds. The van der Waals surface area contributed by atoms with Crippen molar-refractivity contribution in [3.05, 3.63) is 126 Å². The second kappa shape index (κ2) is 10.1. The van der Waals surface area contributed by atoms with Crippen molar-refractivity contribution in [1.29, 1.82) is 0 Å². The van der Waals surface area contributed by atoms with E-state index in [4.69, 9.17) is 9.84 Å². The lowest BCUT2D eigenvalue weighted by molar-refractivity contribution is 0.194. The maximum Gasteiger partial charge on any atom is 0.322 e. The van der Waals surface area contributed by atoms with Gasteiger partial charge in [-0.2, -0.15) is 5.10 Å². The Morgan fingerprint density at radius 2 is 1.74 bits per heavy atom. The van der Waals surface area contributed by atoms with Crippen molar-refractivity contribution in [1.82, 2.24) is 19.2 Å². The Hall–Kier alpha value is -4.85. The lowest BCUT2D eigenvalue weighted by Crippen LogP contribution is -2.38. The number of ether oxygens (including phenoxy) is 1. The van der Waals surface area contributed by atoms with Crippen LogP contribution in [0.3, 0.4) is 0 Å². The van der Waals surface area contributed by atoms with E-state index in [-0.39, 0.29) is 11.8 Å². The largest absolute Gasteiger partial charge is 0.497 e. The summed E-state index contributed by atoms with van der Waals surface area (Å²) in [4.78, 5) is 15.8. The zero-order valence-corrected chi connectivity index (χ0v) is 21.7. The van der Waals surface area contributed by atoms with Gasteiger partial charge in [0.05, 0.1) is 36.8 Å². The number of hydrogen-bond donors (Lipinski definition) is 1. The maximum absolute atomic E-state index is 14.0. The molecule has 3 aromatic carbocycles. The van der Waals surface area contributed by atoms with Gasteiger partial charge in [0, 0.05) is 17.4 Å². The minimum Gasteiger partial charge on any atom is -0.497 e. The summed E-state index contributed by atoms with van der Waals surface area (Å²) < 4.78 is 23.0. The highest BCUT2D eigenvalue weighted by Gasteiger charge is 2.36. The summed E-state index contributed by atoms with van der Waals surface area (Å²) in [5.74, 6) is 1.29. The molecule has 0 saturated heterocycles. The third-order valence-electron chi connectivity index (χ3n) is 7.09. The topological polar surface area (TPSA) is 64.3 Å². The summed E-state index contributed by atoms with van der Waals surface area (Å²) in [6, 6.07) is 26.9. The molecule has 6 rings (SSSR count). The van der Waals surface area contributed by atoms with Crippen LogP contribution in [0.4, 0.5) is 14.9 Å². The molecule has 0 bridgehead atoms. The van der Waals surface area contributed by atoms with Crippen molar-refractivity contribution in [2.75, 3.05) is 12.4 Å². The van der Waals surface area contributed by atoms with Crippen LogP contribution < -0.4 is 10.1 Å². The molecule has 0 radical (unpaired) electrons. The summed E-state index contributed by atoms with van der Waals surface area (Å²) in [5.41, 5.74) is 5.22. The number of fused-ring (bicyclic) bond motifs is 3. The van der Waals surface area contributed by atoms with Crippen LogP contribution in [0.15, 0.2) is 97.2 Å². The number of nitrogens with one attached hydrogen (secondary N) is 1. The van der Waals surface area contributed by atoms with Crippen molar-refractivity contribution in [2.45, 2.75) is 25.9 Å². The lowest BCUT2D eigenvalue weighted by atomic mass is 10.0. The number of rotatable bonds is 5. The molecule has 7 nitrogen and oxygen atoms in total. The molecular formula is C31H28FN5O2. The fourth-order valence-corrected chi connectivity index (χ4v) is 5.21. The van der Waals surface area contributed by atoms with Crippen LogP contribution in [0, 0.1) is 5.82 Å². The van der Waals surface area contributed by atoms with Crippen LogP contribution in [0.1, 0.15) is 35.5 Å². The van der Waals surface area contributed by atoms with Crippen molar-refractivity contribution in [2.24, 2.45) is 0 Å². The monoisotopic (exact) mass is 521 g/mol. The van der Waals surface area contributed by atoms with E-state index in [1.54, 1.807) is 19.2 Å². The first-order valence-corrected chi connectivity index (χ1v) is 12.9. The summed E-state index contributed by atoms with van der Waals surface area (Å²) >= 11 is 0. The quantitative estimate of drug-likeness (QED) is 0.287. The Kier molecular flexibility index (Phi) is 6.36. The van der Waals surface area contributed by atoms with Gasteiger partial charge in [-0.25, -0.2) is 13.9 Å². The number of aryl methyl sites for hydroxylation is 1. The Bertz CT molecular complexity index is 1610. The predicted molar refractivity (Wildman–Crippen MR) is 148 cm³/mol. The number of methoxy groups -OCH3 is 1. The summed E-state index contributed by atoms with van der Waals surface area (Å²) in [6.45, 7) is 2.40. The molecule has 1 aliphatic heterocycles. The molecule has 0 aliphatic carbocycles. The zero-order valence-electron chi connectivity index (χ0n) is 21.7. The van der Waals surface area contributed by atoms with Crippen LogP contribution in [0.25, 0.3) is 11.5 Å². The van der Waals surface area contributed by atoms with Gasteiger partial charge in [-0.1, -0.05) is 37.3 Å². The minimum absolute atomic E-state index is 0.294. The van der Waals surface area contributed by atoms with E-state index in [2.05, 4.69) is 16.8 Å². The average Bonchev–Trinajstić information content (AvgIpc) is 3.56. The van der Waals surface area contributed by atoms with E-state index >= 15 is 0 Å². The summed E-state index contributed by atoms with van der Waals surface area (Å²) in [7, 11) is 1.63. The van der Waals surface area contributed by atoms with Crippen molar-refractivity contribution in [3.63, 3.8) is 0 Å². The molecule has 0 fully saturated rings. The molecule has 196 valence electrons. The Morgan fingerprint density at radius 3 is 2.44 bits per heavy atom. The van der Waals surface area contributed by atoms with Gasteiger partial charge in [0.1, 0.15) is 17.4 Å². The molecule has 0 spiro atoms. The van der Waals surface area contributed by atoms with Gasteiger partial charge >= 0.3 is 6.03 Å². The Labute approximate surface area is 226 Å². The highest BCUT2D eigenvalue weighted by Crippen LogP contribution is 2.39. The van der Waals surface area contributed by atoms with Gasteiger partial charge in [-0.15, -0.1) is 0 Å². The van der Waals surface area contributed by atoms with E-state index in [0.717, 1.165) is 39.8 Å². The van der Waals surface area contributed by atoms with E-state index in [1.807, 2.05) is 82.5 Å². The second-order valence-electron chi connectivity index (χ2n) is 9.39. The number of hydrogen-bond acceptors (Lipinski definition) is 3. The standard InChI is InChI=1S/C31H28FN5O2/c1-3-27-26-20-36(31(38)33-23-15-13-22(32)14-16-23)29(21-11-17-25(39-2)18-12-21)28-10-7-19-35(28)30(26)37(34-27)24-8-5-4-6-9-24/h4-19,29H,3,20H2,1-2H3,(H,33,38)/t29-/m1/s1. The number of benzene rings is 3. The number of aromatic nitrogens is 3. The van der Waals surface area contributed by atoms with E-state index in [0.29, 0.717) is 18.7 Å². The van der Waals surface area contributed by atoms with Gasteiger partial charge in [0.2, 0.25) is 0 Å². The van der Waals surface area contributed by atoms with Gasteiger partial charge < -0.3 is 19.5 Å². The molecule has 8 heteroatoms. The maximum atomic E-state index is 14.0. The van der Waals surface area contributed by atoms with Gasteiger partial charge in [0.15, 0.2) is 0 Å². The smallest absolute Gasteiger partial charge is 0.322 e. The molecule has 2 aromatic heterocycles. The van der Waals surface area contributed by atoms with Gasteiger partial charge in [-0.3, -0.25) is 0 Å². The summed E-state index contributed by atoms with van der Waals surface area (Å²) in [6.07, 6.45) is 2.73. The fraction of sp³-hybridized carbons (Fsp3) is 0.161. The molecule has 5 aromatic rings. The number of para-hydroxylation sites is 1. The first kappa shape index (κ1) is 24.5. The lowest BCUT2D eigenvalue weighted by Gasteiger charge is -2.31. The van der Waals surface area contributed by atoms with Crippen molar-refractivity contribution >= 4 is 11.7 Å². The van der Waals surface area contributed by atoms with E-state index in [1.165, 1.54) is 12.1 Å². The SMILES string of the molecule is CCc1nn(-c2ccccc2)c2c1CN(C(=O)Nc1ccc(F)cc1)[C@H](c1ccc(OC)cc1)c1cccn1-2. The Morgan fingerprint density at radius 1 is 1.00 bits per heavy atom. The normalized spacial score (nSPS) is 14.3. The van der Waals surface area contributed by atoms with Crippen LogP contribution in [0.5, 0.6) is 5.75 Å². The molecule has 1 atom stereocenters. The predicted octanol–water partition coefficient (Wildman–Crippen LogP) is 6.51. The first-order valence-electron chi connectivity index (χ1n) is 12.9. The zero-order chi connectivity index (χ0) is 26.9. The van der Waals surface area contributed by atoms with Gasteiger partial charge in [-0.05, 0) is 72.6 Å². The molecule has 39 heavy (non-hydrogen) atoms. The van der Waals surface area contributed by atoms with E-state index < -0.39 is 6.04 Å². The Balaban J connectivity index is 1.53. The highest BCUT2D eigenvalue weighted by molar-refractivity contribution is 5.90. The molecule has 1 aliphatic rings. The number of halogens is 1. The molecular weight excluding hydrogens is 493 g/mol. The number of amides is 2. The van der Waals surface area contributed by atoms with Crippen molar-refractivity contribution < 1.29 is 13.9 Å². The van der Waals surface area contributed by atoms with Gasteiger partial charge in [0.25, 0.3) is 0 Å². The average molecular weight is 522 g/mol. The van der Waals surface area contributed by atoms with Crippen LogP contribution in [0.2, 0.25) is 0 Å². The number of anilines is 1. The van der Waals surface area contributed by atoms with E-state index in [9.17, 15) is 9.18 Å². The second-order valence-corrected chi connectivity index (χ2v) is 9.39. The first-order chi connectivity index (χ1) is 19.1. The molecule has 0 unspecified atom stereocenters. The molecule has 1 N–H and O–H groups in total. The number of carbonyl (C=O) groups excluding carboxylic acids is 1. The summed E-state index contributed by atoms with van der Waals surface area (Å²) in [5, 5.41) is 7.97. The van der Waals surface area contributed by atoms with Crippen LogP contribution in [-0.2, 0) is 13.0 Å². The number of urea groups is 1. The fourth-order valence-electron chi connectivity index (χ4n) is 5.21.